The second-order valence-electron chi connectivity index (χ2n) is 4.00. The molecule has 0 N–H and O–H groups in total. The first-order valence-electron chi connectivity index (χ1n) is 6.17. The van der Waals surface area contributed by atoms with Crippen LogP contribution in [0.25, 0.3) is 0 Å². The van der Waals surface area contributed by atoms with E-state index in [0.717, 1.165) is 28.0 Å². The summed E-state index contributed by atoms with van der Waals surface area (Å²) in [6.07, 6.45) is 3.55. The predicted octanol–water partition coefficient (Wildman–Crippen LogP) is 3.95. The number of benzene rings is 1. The van der Waals surface area contributed by atoms with Gasteiger partial charge in [0.05, 0.1) is 6.61 Å². The molecule has 0 radical (unpaired) electrons. The average Bonchev–Trinajstić information content (AvgIpc) is 2.47. The minimum Gasteiger partial charge on any atom is -0.490 e. The van der Waals surface area contributed by atoms with Crippen molar-refractivity contribution in [2.75, 3.05) is 6.61 Å². The van der Waals surface area contributed by atoms with Gasteiger partial charge in [0.25, 0.3) is 0 Å². The van der Waals surface area contributed by atoms with Gasteiger partial charge in [-0.15, -0.1) is 0 Å². The zero-order chi connectivity index (χ0) is 13.5. The highest BCUT2D eigenvalue weighted by Gasteiger charge is 2.06. The molecule has 4 heteroatoms. The Morgan fingerprint density at radius 3 is 2.68 bits per heavy atom. The molecule has 1 aromatic heterocycles. The molecule has 0 atom stereocenters. The van der Waals surface area contributed by atoms with Gasteiger partial charge in [-0.05, 0) is 30.7 Å². The van der Waals surface area contributed by atoms with Crippen LogP contribution in [-0.2, 0) is 11.9 Å². The van der Waals surface area contributed by atoms with Crippen molar-refractivity contribution in [2.24, 2.45) is 0 Å². The van der Waals surface area contributed by atoms with Gasteiger partial charge in [-0.25, -0.2) is 0 Å². The van der Waals surface area contributed by atoms with E-state index in [1.807, 2.05) is 37.3 Å². The summed E-state index contributed by atoms with van der Waals surface area (Å²) in [4.78, 5) is 4.07. The third-order valence-corrected chi connectivity index (χ3v) is 3.23. The lowest BCUT2D eigenvalue weighted by Crippen LogP contribution is -2.00. The quantitative estimate of drug-likeness (QED) is 0.755. The molecule has 0 aliphatic rings. The van der Waals surface area contributed by atoms with Crippen LogP contribution in [0.2, 0.25) is 0 Å². The van der Waals surface area contributed by atoms with E-state index in [-0.39, 0.29) is 0 Å². The van der Waals surface area contributed by atoms with Crippen LogP contribution in [0.1, 0.15) is 18.1 Å². The number of aromatic nitrogens is 1. The van der Waals surface area contributed by atoms with Gasteiger partial charge >= 0.3 is 0 Å². The number of alkyl halides is 1. The van der Waals surface area contributed by atoms with Crippen molar-refractivity contribution in [1.29, 1.82) is 0 Å². The highest BCUT2D eigenvalue weighted by Crippen LogP contribution is 2.29. The average molecular weight is 322 g/mol. The molecule has 0 amide bonds. The highest BCUT2D eigenvalue weighted by molar-refractivity contribution is 9.08. The standard InChI is InChI=1S/C15H16BrNO2/c1-2-18-15-8-12(9-16)5-6-14(15)19-11-13-4-3-7-17-10-13/h3-8,10H,2,9,11H2,1H3. The lowest BCUT2D eigenvalue weighted by molar-refractivity contribution is 0.269. The predicted molar refractivity (Wildman–Crippen MR) is 78.8 cm³/mol. The van der Waals surface area contributed by atoms with Crippen molar-refractivity contribution in [1.82, 2.24) is 4.98 Å². The number of nitrogens with zero attached hydrogens (tertiary/aromatic N) is 1. The molecule has 0 saturated carbocycles. The molecule has 1 aromatic carbocycles. The fourth-order valence-corrected chi connectivity index (χ4v) is 2.02. The Morgan fingerprint density at radius 2 is 2.00 bits per heavy atom. The van der Waals surface area contributed by atoms with Crippen LogP contribution in [0.5, 0.6) is 11.5 Å². The van der Waals surface area contributed by atoms with Crippen LogP contribution in [0.3, 0.4) is 0 Å². The summed E-state index contributed by atoms with van der Waals surface area (Å²) in [5.41, 5.74) is 2.20. The van der Waals surface area contributed by atoms with E-state index in [2.05, 4.69) is 20.9 Å². The lowest BCUT2D eigenvalue weighted by Gasteiger charge is -2.12. The molecule has 0 saturated heterocycles. The molecule has 0 aliphatic heterocycles. The Hall–Kier alpha value is -1.55. The van der Waals surface area contributed by atoms with E-state index in [4.69, 9.17) is 9.47 Å². The van der Waals surface area contributed by atoms with Crippen molar-refractivity contribution in [3.05, 3.63) is 53.9 Å². The van der Waals surface area contributed by atoms with Crippen molar-refractivity contribution in [3.63, 3.8) is 0 Å². The van der Waals surface area contributed by atoms with Crippen LogP contribution in [-0.4, -0.2) is 11.6 Å². The van der Waals surface area contributed by atoms with Gasteiger partial charge in [-0.2, -0.15) is 0 Å². The normalized spacial score (nSPS) is 10.2. The summed E-state index contributed by atoms with van der Waals surface area (Å²) in [6, 6.07) is 9.85. The van der Waals surface area contributed by atoms with E-state index in [0.29, 0.717) is 13.2 Å². The maximum Gasteiger partial charge on any atom is 0.161 e. The first-order valence-corrected chi connectivity index (χ1v) is 7.29. The maximum absolute atomic E-state index is 5.79. The first-order chi connectivity index (χ1) is 9.33. The van der Waals surface area contributed by atoms with Gasteiger partial charge in [0.1, 0.15) is 6.61 Å². The van der Waals surface area contributed by atoms with Crippen molar-refractivity contribution < 1.29 is 9.47 Å². The molecule has 19 heavy (non-hydrogen) atoms. The molecule has 1 heterocycles. The molecular weight excluding hydrogens is 306 g/mol. The minimum atomic E-state index is 0.488. The zero-order valence-electron chi connectivity index (χ0n) is 10.8. The summed E-state index contributed by atoms with van der Waals surface area (Å²) in [7, 11) is 0. The smallest absolute Gasteiger partial charge is 0.161 e. The number of halogens is 1. The van der Waals surface area contributed by atoms with E-state index < -0.39 is 0 Å². The summed E-state index contributed by atoms with van der Waals surface area (Å²) < 4.78 is 11.4. The van der Waals surface area contributed by atoms with Crippen LogP contribution in [0.4, 0.5) is 0 Å². The Kier molecular flexibility index (Phi) is 5.21. The second-order valence-corrected chi connectivity index (χ2v) is 4.56. The number of hydrogen-bond donors (Lipinski definition) is 0. The Balaban J connectivity index is 2.10. The maximum atomic E-state index is 5.79. The molecule has 0 aliphatic carbocycles. The van der Waals surface area contributed by atoms with Crippen molar-refractivity contribution >= 4 is 15.9 Å². The Bertz CT molecular complexity index is 517. The molecule has 100 valence electrons. The molecule has 0 bridgehead atoms. The topological polar surface area (TPSA) is 31.4 Å². The number of hydrogen-bond acceptors (Lipinski definition) is 3. The van der Waals surface area contributed by atoms with E-state index in [1.165, 1.54) is 0 Å². The molecule has 0 spiro atoms. The summed E-state index contributed by atoms with van der Waals surface area (Å²) in [5.74, 6) is 1.54. The Morgan fingerprint density at radius 1 is 1.11 bits per heavy atom. The second kappa shape index (κ2) is 7.14. The minimum absolute atomic E-state index is 0.488. The van der Waals surface area contributed by atoms with Crippen molar-refractivity contribution in [2.45, 2.75) is 18.9 Å². The van der Waals surface area contributed by atoms with Gasteiger partial charge in [0.2, 0.25) is 0 Å². The molecule has 0 fully saturated rings. The summed E-state index contributed by atoms with van der Waals surface area (Å²) >= 11 is 3.44. The number of ether oxygens (including phenoxy) is 2. The van der Waals surface area contributed by atoms with Crippen LogP contribution >= 0.6 is 15.9 Å². The van der Waals surface area contributed by atoms with Crippen LogP contribution in [0, 0.1) is 0 Å². The number of rotatable bonds is 6. The molecule has 3 nitrogen and oxygen atoms in total. The summed E-state index contributed by atoms with van der Waals surface area (Å²) in [6.45, 7) is 3.07. The Labute approximate surface area is 121 Å². The van der Waals surface area contributed by atoms with Crippen LogP contribution in [0.15, 0.2) is 42.7 Å². The SMILES string of the molecule is CCOc1cc(CBr)ccc1OCc1cccnc1. The molecular formula is C15H16BrNO2. The monoisotopic (exact) mass is 321 g/mol. The summed E-state index contributed by atoms with van der Waals surface area (Å²) in [5, 5.41) is 0.802. The lowest BCUT2D eigenvalue weighted by atomic mass is 10.2. The molecule has 2 aromatic rings. The van der Waals surface area contributed by atoms with Gasteiger partial charge < -0.3 is 9.47 Å². The van der Waals surface area contributed by atoms with Crippen molar-refractivity contribution in [3.8, 4) is 11.5 Å². The number of pyridine rings is 1. The largest absolute Gasteiger partial charge is 0.490 e. The van der Waals surface area contributed by atoms with Gasteiger partial charge in [-0.1, -0.05) is 28.1 Å². The van der Waals surface area contributed by atoms with Gasteiger partial charge in [0.15, 0.2) is 11.5 Å². The third kappa shape index (κ3) is 3.96. The van der Waals surface area contributed by atoms with E-state index in [1.54, 1.807) is 12.4 Å². The van der Waals surface area contributed by atoms with Gasteiger partial charge in [0, 0.05) is 23.3 Å². The first kappa shape index (κ1) is 13.9. The van der Waals surface area contributed by atoms with Crippen LogP contribution < -0.4 is 9.47 Å². The zero-order valence-corrected chi connectivity index (χ0v) is 12.4. The third-order valence-electron chi connectivity index (χ3n) is 2.58. The fourth-order valence-electron chi connectivity index (χ4n) is 1.67. The highest BCUT2D eigenvalue weighted by atomic mass is 79.9. The molecule has 2 rings (SSSR count). The van der Waals surface area contributed by atoms with E-state index in [9.17, 15) is 0 Å². The van der Waals surface area contributed by atoms with Gasteiger partial charge in [-0.3, -0.25) is 4.98 Å². The van der Waals surface area contributed by atoms with E-state index >= 15 is 0 Å². The fraction of sp³-hybridized carbons (Fsp3) is 0.267. The molecule has 0 unspecified atom stereocenters.